The molecule has 0 bridgehead atoms. The molecule has 2 rings (SSSR count). The fourth-order valence-corrected chi connectivity index (χ4v) is 1.33. The predicted octanol–water partition coefficient (Wildman–Crippen LogP) is 4.15. The zero-order valence-corrected chi connectivity index (χ0v) is 10.2. The summed E-state index contributed by atoms with van der Waals surface area (Å²) in [5, 5.41) is 4.81. The first-order valence-electron chi connectivity index (χ1n) is 5.42. The number of hydrogen-bond acceptors (Lipinski definition) is 2. The Morgan fingerprint density at radius 1 is 1.13 bits per heavy atom. The normalized spacial score (nSPS) is 11.0. The lowest BCUT2D eigenvalue weighted by Crippen LogP contribution is -2.10. The molecule has 1 aromatic carbocycles. The monoisotopic (exact) mass is 205 g/mol. The summed E-state index contributed by atoms with van der Waals surface area (Å²) in [4.78, 5) is 0. The zero-order valence-electron chi connectivity index (χ0n) is 10.2. The fraction of sp³-hybridized carbons (Fsp3) is 0.462. The van der Waals surface area contributed by atoms with Crippen molar-refractivity contribution in [3.63, 3.8) is 0 Å². The van der Waals surface area contributed by atoms with Crippen molar-refractivity contribution in [1.29, 1.82) is 0 Å². The highest BCUT2D eigenvalue weighted by Gasteiger charge is 2.14. The highest BCUT2D eigenvalue weighted by molar-refractivity contribution is 5.76. The summed E-state index contributed by atoms with van der Waals surface area (Å²) in [6.45, 7) is 10.6. The molecule has 15 heavy (non-hydrogen) atoms. The first kappa shape index (κ1) is 11.8. The Labute approximate surface area is 91.3 Å². The first-order valence-corrected chi connectivity index (χ1v) is 5.42. The third-order valence-electron chi connectivity index (χ3n) is 2.22. The molecule has 2 nitrogen and oxygen atoms in total. The molecule has 0 aliphatic rings. The lowest BCUT2D eigenvalue weighted by molar-refractivity contribution is 0.455. The Kier molecular flexibility index (Phi) is 3.51. The summed E-state index contributed by atoms with van der Waals surface area (Å²) in [5.41, 5.74) is 2.31. The SMILES string of the molecule is CC.CC(C)(C)c1ccc2cnoc2c1. The van der Waals surface area contributed by atoms with Gasteiger partial charge in [-0.2, -0.15) is 0 Å². The second-order valence-corrected chi connectivity index (χ2v) is 4.33. The molecule has 0 N–H and O–H groups in total. The van der Waals surface area contributed by atoms with E-state index in [1.807, 2.05) is 19.9 Å². The fourth-order valence-electron chi connectivity index (χ4n) is 1.33. The van der Waals surface area contributed by atoms with Crippen LogP contribution in [0.25, 0.3) is 11.0 Å². The molecule has 1 heterocycles. The number of benzene rings is 1. The van der Waals surface area contributed by atoms with Gasteiger partial charge in [0.2, 0.25) is 0 Å². The van der Waals surface area contributed by atoms with E-state index < -0.39 is 0 Å². The topological polar surface area (TPSA) is 26.0 Å². The van der Waals surface area contributed by atoms with Crippen molar-refractivity contribution in [2.75, 3.05) is 0 Å². The lowest BCUT2D eigenvalue weighted by Gasteiger charge is -2.18. The summed E-state index contributed by atoms with van der Waals surface area (Å²) in [7, 11) is 0. The van der Waals surface area contributed by atoms with Gasteiger partial charge in [0.15, 0.2) is 5.58 Å². The van der Waals surface area contributed by atoms with Crippen molar-refractivity contribution in [3.05, 3.63) is 30.0 Å². The van der Waals surface area contributed by atoms with Gasteiger partial charge in [0.25, 0.3) is 0 Å². The molecule has 0 radical (unpaired) electrons. The Bertz CT molecular complexity index is 423. The van der Waals surface area contributed by atoms with E-state index in [4.69, 9.17) is 4.52 Å². The van der Waals surface area contributed by atoms with E-state index in [9.17, 15) is 0 Å². The largest absolute Gasteiger partial charge is 0.356 e. The molecule has 0 atom stereocenters. The molecule has 0 aliphatic heterocycles. The van der Waals surface area contributed by atoms with Crippen LogP contribution in [-0.4, -0.2) is 5.16 Å². The molecule has 0 saturated heterocycles. The van der Waals surface area contributed by atoms with Gasteiger partial charge in [-0.05, 0) is 23.1 Å². The van der Waals surface area contributed by atoms with Crippen LogP contribution in [0.15, 0.2) is 28.9 Å². The Hall–Kier alpha value is -1.31. The van der Waals surface area contributed by atoms with E-state index in [1.54, 1.807) is 6.20 Å². The molecule has 0 spiro atoms. The molecule has 82 valence electrons. The third-order valence-corrected chi connectivity index (χ3v) is 2.22. The number of fused-ring (bicyclic) bond motifs is 1. The van der Waals surface area contributed by atoms with Gasteiger partial charge in [-0.25, -0.2) is 0 Å². The van der Waals surface area contributed by atoms with Crippen LogP contribution in [0.3, 0.4) is 0 Å². The van der Waals surface area contributed by atoms with Gasteiger partial charge >= 0.3 is 0 Å². The maximum Gasteiger partial charge on any atom is 0.167 e. The van der Waals surface area contributed by atoms with Gasteiger partial charge in [0.1, 0.15) is 0 Å². The summed E-state index contributed by atoms with van der Waals surface area (Å²) < 4.78 is 5.10. The average molecular weight is 205 g/mol. The number of hydrogen-bond donors (Lipinski definition) is 0. The third kappa shape index (κ3) is 2.58. The smallest absolute Gasteiger partial charge is 0.167 e. The molecule has 2 heteroatoms. The van der Waals surface area contributed by atoms with Crippen molar-refractivity contribution in [2.45, 2.75) is 40.0 Å². The Morgan fingerprint density at radius 3 is 2.40 bits per heavy atom. The van der Waals surface area contributed by atoms with Crippen molar-refractivity contribution >= 4 is 11.0 Å². The molecule has 0 aliphatic carbocycles. The second kappa shape index (κ2) is 4.47. The summed E-state index contributed by atoms with van der Waals surface area (Å²) in [6, 6.07) is 6.23. The van der Waals surface area contributed by atoms with Crippen LogP contribution in [0.4, 0.5) is 0 Å². The average Bonchev–Trinajstić information content (AvgIpc) is 2.66. The van der Waals surface area contributed by atoms with Gasteiger partial charge in [-0.15, -0.1) is 0 Å². The Balaban J connectivity index is 0.000000531. The molecule has 0 saturated carbocycles. The quantitative estimate of drug-likeness (QED) is 0.645. The van der Waals surface area contributed by atoms with Crippen LogP contribution in [0, 0.1) is 0 Å². The number of rotatable bonds is 0. The highest BCUT2D eigenvalue weighted by atomic mass is 16.5. The minimum Gasteiger partial charge on any atom is -0.356 e. The van der Waals surface area contributed by atoms with Crippen LogP contribution in [-0.2, 0) is 5.41 Å². The van der Waals surface area contributed by atoms with Crippen molar-refractivity contribution in [2.24, 2.45) is 0 Å². The molecule has 2 aromatic rings. The lowest BCUT2D eigenvalue weighted by atomic mass is 9.87. The minimum absolute atomic E-state index is 0.168. The molecular weight excluding hydrogens is 186 g/mol. The van der Waals surface area contributed by atoms with Gasteiger partial charge < -0.3 is 4.52 Å². The van der Waals surface area contributed by atoms with E-state index in [0.29, 0.717) is 0 Å². The molecular formula is C13H19NO. The zero-order chi connectivity index (χ0) is 11.5. The van der Waals surface area contributed by atoms with Crippen LogP contribution in [0.5, 0.6) is 0 Å². The Morgan fingerprint density at radius 2 is 1.80 bits per heavy atom. The van der Waals surface area contributed by atoms with Gasteiger partial charge in [0.05, 0.1) is 6.20 Å². The summed E-state index contributed by atoms with van der Waals surface area (Å²) in [6.07, 6.45) is 1.74. The van der Waals surface area contributed by atoms with Gasteiger partial charge in [-0.3, -0.25) is 0 Å². The van der Waals surface area contributed by atoms with E-state index >= 15 is 0 Å². The van der Waals surface area contributed by atoms with Crippen LogP contribution in [0.2, 0.25) is 0 Å². The van der Waals surface area contributed by atoms with Gasteiger partial charge in [-0.1, -0.05) is 45.8 Å². The highest BCUT2D eigenvalue weighted by Crippen LogP contribution is 2.25. The van der Waals surface area contributed by atoms with E-state index in [1.165, 1.54) is 5.56 Å². The maximum atomic E-state index is 5.10. The van der Waals surface area contributed by atoms with Crippen LogP contribution in [0.1, 0.15) is 40.2 Å². The van der Waals surface area contributed by atoms with E-state index in [-0.39, 0.29) is 5.41 Å². The van der Waals surface area contributed by atoms with Crippen LogP contribution >= 0.6 is 0 Å². The predicted molar refractivity (Wildman–Crippen MR) is 64.1 cm³/mol. The molecule has 0 unspecified atom stereocenters. The van der Waals surface area contributed by atoms with Gasteiger partial charge in [0, 0.05) is 5.39 Å². The summed E-state index contributed by atoms with van der Waals surface area (Å²) in [5.74, 6) is 0. The second-order valence-electron chi connectivity index (χ2n) is 4.33. The maximum absolute atomic E-state index is 5.10. The molecule has 0 fully saturated rings. The minimum atomic E-state index is 0.168. The van der Waals surface area contributed by atoms with Crippen LogP contribution < -0.4 is 0 Å². The number of aromatic nitrogens is 1. The molecule has 0 amide bonds. The first-order chi connectivity index (χ1) is 7.07. The molecule has 1 aromatic heterocycles. The standard InChI is InChI=1S/C11H13NO.C2H6/c1-11(2,3)9-5-4-8-7-12-13-10(8)6-9;1-2/h4-7H,1-3H3;1-2H3. The van der Waals surface area contributed by atoms with Crippen molar-refractivity contribution < 1.29 is 4.52 Å². The van der Waals surface area contributed by atoms with E-state index in [2.05, 4.69) is 38.1 Å². The van der Waals surface area contributed by atoms with E-state index in [0.717, 1.165) is 11.0 Å². The van der Waals surface area contributed by atoms with Crippen molar-refractivity contribution in [1.82, 2.24) is 5.16 Å². The summed E-state index contributed by atoms with van der Waals surface area (Å²) >= 11 is 0. The van der Waals surface area contributed by atoms with Crippen molar-refractivity contribution in [3.8, 4) is 0 Å². The number of nitrogens with zero attached hydrogens (tertiary/aromatic N) is 1.